The Morgan fingerprint density at radius 3 is 2.94 bits per heavy atom. The molecule has 2 N–H and O–H groups in total. The van der Waals surface area contributed by atoms with Crippen LogP contribution in [0.15, 0.2) is 6.20 Å². The van der Waals surface area contributed by atoms with E-state index in [1.54, 1.807) is 0 Å². The fourth-order valence-electron chi connectivity index (χ4n) is 3.11. The first-order valence-electron chi connectivity index (χ1n) is 6.58. The highest BCUT2D eigenvalue weighted by Crippen LogP contribution is 2.32. The number of hydrogen-bond donors (Lipinski definition) is 1. The van der Waals surface area contributed by atoms with E-state index in [4.69, 9.17) is 5.73 Å². The second kappa shape index (κ2) is 4.35. The second-order valence-corrected chi connectivity index (χ2v) is 7.62. The van der Waals surface area contributed by atoms with Crippen LogP contribution in [0.2, 0.25) is 0 Å². The number of nitrogens with two attached hydrogens (primary N) is 1. The number of imidazole rings is 1. The van der Waals surface area contributed by atoms with Gasteiger partial charge in [-0.25, -0.2) is 13.4 Å². The van der Waals surface area contributed by atoms with E-state index in [-0.39, 0.29) is 17.7 Å². The molecule has 1 aromatic heterocycles. The average Bonchev–Trinajstić information content (AvgIpc) is 2.73. The van der Waals surface area contributed by atoms with E-state index >= 15 is 0 Å². The molecule has 0 radical (unpaired) electrons. The Bertz CT molecular complexity index is 550. The van der Waals surface area contributed by atoms with Crippen molar-refractivity contribution in [2.45, 2.75) is 44.2 Å². The molecule has 2 atom stereocenters. The largest absolute Gasteiger partial charge is 0.330 e. The molecule has 5 nitrogen and oxygen atoms in total. The van der Waals surface area contributed by atoms with Gasteiger partial charge in [0.1, 0.15) is 5.82 Å². The van der Waals surface area contributed by atoms with Crippen molar-refractivity contribution in [3.8, 4) is 0 Å². The van der Waals surface area contributed by atoms with Crippen LogP contribution in [-0.4, -0.2) is 29.5 Å². The molecule has 0 aromatic carbocycles. The van der Waals surface area contributed by atoms with Crippen molar-refractivity contribution in [3.05, 3.63) is 17.7 Å². The maximum absolute atomic E-state index is 11.7. The minimum Gasteiger partial charge on any atom is -0.330 e. The molecule has 1 aromatic rings. The lowest BCUT2D eigenvalue weighted by Gasteiger charge is -2.26. The smallest absolute Gasteiger partial charge is 0.151 e. The number of nitrogens with zero attached hydrogens (tertiary/aromatic N) is 2. The molecule has 100 valence electrons. The summed E-state index contributed by atoms with van der Waals surface area (Å²) in [6.45, 7) is 0.926. The van der Waals surface area contributed by atoms with Gasteiger partial charge in [-0.3, -0.25) is 0 Å². The van der Waals surface area contributed by atoms with E-state index in [0.29, 0.717) is 5.75 Å². The van der Waals surface area contributed by atoms with Crippen LogP contribution in [0.3, 0.4) is 0 Å². The van der Waals surface area contributed by atoms with E-state index < -0.39 is 9.84 Å². The van der Waals surface area contributed by atoms with Crippen LogP contribution < -0.4 is 5.73 Å². The van der Waals surface area contributed by atoms with Crippen LogP contribution in [0.1, 0.15) is 49.2 Å². The van der Waals surface area contributed by atoms with E-state index in [1.807, 2.05) is 6.20 Å². The van der Waals surface area contributed by atoms with Crippen LogP contribution in [0.4, 0.5) is 0 Å². The Balaban J connectivity index is 1.93. The summed E-state index contributed by atoms with van der Waals surface area (Å²) < 4.78 is 25.6. The molecule has 1 fully saturated rings. The zero-order valence-corrected chi connectivity index (χ0v) is 11.2. The van der Waals surface area contributed by atoms with Gasteiger partial charge >= 0.3 is 0 Å². The van der Waals surface area contributed by atoms with Gasteiger partial charge in [0.15, 0.2) is 9.84 Å². The monoisotopic (exact) mass is 269 g/mol. The maximum atomic E-state index is 11.7. The fourth-order valence-corrected chi connectivity index (χ4v) is 4.81. The predicted octanol–water partition coefficient (Wildman–Crippen LogP) is 0.969. The molecule has 2 aliphatic rings. The van der Waals surface area contributed by atoms with E-state index in [2.05, 4.69) is 9.55 Å². The van der Waals surface area contributed by atoms with Crippen molar-refractivity contribution in [1.29, 1.82) is 0 Å². The van der Waals surface area contributed by atoms with Crippen molar-refractivity contribution in [1.82, 2.24) is 9.55 Å². The quantitative estimate of drug-likeness (QED) is 0.824. The summed E-state index contributed by atoms with van der Waals surface area (Å²) in [5.74, 6) is 1.57. The third-order valence-electron chi connectivity index (χ3n) is 4.02. The molecule has 0 saturated carbocycles. The summed E-state index contributed by atoms with van der Waals surface area (Å²) in [6.07, 6.45) is 5.55. The molecule has 2 unspecified atom stereocenters. The summed E-state index contributed by atoms with van der Waals surface area (Å²) in [5.41, 5.74) is 7.13. The first-order chi connectivity index (χ1) is 8.57. The second-order valence-electron chi connectivity index (χ2n) is 5.40. The maximum Gasteiger partial charge on any atom is 0.151 e. The Morgan fingerprint density at radius 2 is 2.17 bits per heavy atom. The highest BCUT2D eigenvalue weighted by molar-refractivity contribution is 7.91. The molecular weight excluding hydrogens is 250 g/mol. The number of aromatic nitrogens is 2. The third kappa shape index (κ3) is 2.07. The molecule has 0 spiro atoms. The lowest BCUT2D eigenvalue weighted by atomic mass is 10.0. The van der Waals surface area contributed by atoms with Crippen LogP contribution in [0.5, 0.6) is 0 Å². The Labute approximate surface area is 107 Å². The van der Waals surface area contributed by atoms with Gasteiger partial charge in [-0.2, -0.15) is 0 Å². The fraction of sp³-hybridized carbons (Fsp3) is 0.750. The summed E-state index contributed by atoms with van der Waals surface area (Å²) in [6, 6.07) is 0.0557. The van der Waals surface area contributed by atoms with Gasteiger partial charge in [-0.15, -0.1) is 0 Å². The number of rotatable bonds is 1. The molecule has 0 amide bonds. The van der Waals surface area contributed by atoms with Gasteiger partial charge < -0.3 is 10.3 Å². The first-order valence-corrected chi connectivity index (χ1v) is 8.40. The lowest BCUT2D eigenvalue weighted by molar-refractivity contribution is 0.436. The number of hydrogen-bond acceptors (Lipinski definition) is 4. The van der Waals surface area contributed by atoms with Gasteiger partial charge in [0.05, 0.1) is 23.4 Å². The number of sulfone groups is 1. The Hall–Kier alpha value is -0.880. The van der Waals surface area contributed by atoms with E-state index in [1.165, 1.54) is 0 Å². The zero-order valence-electron chi connectivity index (χ0n) is 10.4. The van der Waals surface area contributed by atoms with Gasteiger partial charge in [0.2, 0.25) is 0 Å². The summed E-state index contributed by atoms with van der Waals surface area (Å²) in [5, 5.41) is 0. The first kappa shape index (κ1) is 12.2. The van der Waals surface area contributed by atoms with Crippen LogP contribution >= 0.6 is 0 Å². The molecule has 3 heterocycles. The highest BCUT2D eigenvalue weighted by atomic mass is 32.2. The third-order valence-corrected chi connectivity index (χ3v) is 5.84. The zero-order chi connectivity index (χ0) is 12.8. The summed E-state index contributed by atoms with van der Waals surface area (Å²) in [7, 11) is -2.88. The average molecular weight is 269 g/mol. The van der Waals surface area contributed by atoms with Crippen molar-refractivity contribution in [2.24, 2.45) is 5.73 Å². The molecule has 1 saturated heterocycles. The van der Waals surface area contributed by atoms with Crippen molar-refractivity contribution >= 4 is 9.84 Å². The van der Waals surface area contributed by atoms with Gasteiger partial charge in [-0.1, -0.05) is 0 Å². The molecule has 2 aliphatic heterocycles. The van der Waals surface area contributed by atoms with Crippen LogP contribution in [0, 0.1) is 0 Å². The standard InChI is InChI=1S/C12H19N3O2S/c13-10-4-1-5-15-11(10)7-14-12(15)9-3-2-6-18(16,17)8-9/h7,9-10H,1-6,8,13H2. The SMILES string of the molecule is NC1CCCn2c1cnc2C1CCCS(=O)(=O)C1. The van der Waals surface area contributed by atoms with Crippen molar-refractivity contribution in [2.75, 3.05) is 11.5 Å². The number of fused-ring (bicyclic) bond motifs is 1. The van der Waals surface area contributed by atoms with Crippen molar-refractivity contribution in [3.63, 3.8) is 0 Å². The highest BCUT2D eigenvalue weighted by Gasteiger charge is 2.31. The summed E-state index contributed by atoms with van der Waals surface area (Å²) in [4.78, 5) is 4.46. The summed E-state index contributed by atoms with van der Waals surface area (Å²) >= 11 is 0. The molecule has 0 bridgehead atoms. The molecule has 0 aliphatic carbocycles. The van der Waals surface area contributed by atoms with Crippen LogP contribution in [-0.2, 0) is 16.4 Å². The van der Waals surface area contributed by atoms with Gasteiger partial charge in [-0.05, 0) is 25.7 Å². The normalized spacial score (nSPS) is 30.9. The predicted molar refractivity (Wildman–Crippen MR) is 69.0 cm³/mol. The Kier molecular flexibility index (Phi) is 2.94. The van der Waals surface area contributed by atoms with E-state index in [0.717, 1.165) is 43.7 Å². The Morgan fingerprint density at radius 1 is 1.33 bits per heavy atom. The van der Waals surface area contributed by atoms with Crippen LogP contribution in [0.25, 0.3) is 0 Å². The van der Waals surface area contributed by atoms with Crippen molar-refractivity contribution < 1.29 is 8.42 Å². The minimum atomic E-state index is -2.88. The topological polar surface area (TPSA) is 78.0 Å². The molecular formula is C12H19N3O2S. The van der Waals surface area contributed by atoms with E-state index in [9.17, 15) is 8.42 Å². The molecule has 18 heavy (non-hydrogen) atoms. The molecule has 3 rings (SSSR count). The van der Waals surface area contributed by atoms with Gasteiger partial charge in [0.25, 0.3) is 0 Å². The van der Waals surface area contributed by atoms with Gasteiger partial charge in [0, 0.05) is 18.5 Å². The molecule has 6 heteroatoms. The minimum absolute atomic E-state index is 0.0557. The lowest BCUT2D eigenvalue weighted by Crippen LogP contribution is -2.28.